The van der Waals surface area contributed by atoms with Crippen LogP contribution in [-0.2, 0) is 0 Å². The van der Waals surface area contributed by atoms with Crippen molar-refractivity contribution in [3.63, 3.8) is 0 Å². The number of tetrazole rings is 1. The molecule has 7 heteroatoms. The molecule has 16 heavy (non-hydrogen) atoms. The lowest BCUT2D eigenvalue weighted by Crippen LogP contribution is -2.43. The number of carbonyl (C=O) groups excluding carboxylic acids is 1. The van der Waals surface area contributed by atoms with E-state index in [-0.39, 0.29) is 17.8 Å². The molecule has 0 aromatic carbocycles. The second-order valence-corrected chi connectivity index (χ2v) is 4.52. The SMILES string of the molecule is CC1CC2CNCC2N1C(=O)c1nn[nH]n1. The van der Waals surface area contributed by atoms with Crippen LogP contribution in [0.15, 0.2) is 0 Å². The molecule has 3 heterocycles. The summed E-state index contributed by atoms with van der Waals surface area (Å²) in [6.45, 7) is 3.96. The second kappa shape index (κ2) is 3.51. The van der Waals surface area contributed by atoms with Crippen molar-refractivity contribution < 1.29 is 4.79 Å². The molecule has 7 nitrogen and oxygen atoms in total. The van der Waals surface area contributed by atoms with E-state index in [2.05, 4.69) is 32.9 Å². The van der Waals surface area contributed by atoms with E-state index in [1.54, 1.807) is 0 Å². The Kier molecular flexibility index (Phi) is 2.13. The van der Waals surface area contributed by atoms with Crippen LogP contribution in [0.3, 0.4) is 0 Å². The van der Waals surface area contributed by atoms with Gasteiger partial charge in [-0.15, -0.1) is 10.2 Å². The Hall–Kier alpha value is -1.50. The third-order valence-electron chi connectivity index (χ3n) is 3.55. The van der Waals surface area contributed by atoms with Crippen LogP contribution in [0.2, 0.25) is 0 Å². The molecular weight excluding hydrogens is 208 g/mol. The topological polar surface area (TPSA) is 86.8 Å². The molecule has 86 valence electrons. The minimum absolute atomic E-state index is 0.113. The summed E-state index contributed by atoms with van der Waals surface area (Å²) in [6, 6.07) is 0.559. The number of nitrogens with one attached hydrogen (secondary N) is 2. The molecule has 2 fully saturated rings. The zero-order valence-electron chi connectivity index (χ0n) is 9.05. The van der Waals surface area contributed by atoms with Crippen molar-refractivity contribution in [1.82, 2.24) is 30.8 Å². The summed E-state index contributed by atoms with van der Waals surface area (Å²) in [6.07, 6.45) is 1.06. The molecule has 2 N–H and O–H groups in total. The highest BCUT2D eigenvalue weighted by molar-refractivity contribution is 5.91. The van der Waals surface area contributed by atoms with Crippen LogP contribution < -0.4 is 5.32 Å². The largest absolute Gasteiger partial charge is 0.329 e. The van der Waals surface area contributed by atoms with Crippen LogP contribution >= 0.6 is 0 Å². The van der Waals surface area contributed by atoms with Crippen molar-refractivity contribution in [2.75, 3.05) is 13.1 Å². The first-order valence-corrected chi connectivity index (χ1v) is 5.54. The first-order chi connectivity index (χ1) is 7.77. The summed E-state index contributed by atoms with van der Waals surface area (Å²) in [5.41, 5.74) is 0. The maximum atomic E-state index is 12.2. The summed E-state index contributed by atoms with van der Waals surface area (Å²) >= 11 is 0. The van der Waals surface area contributed by atoms with Gasteiger partial charge in [-0.1, -0.05) is 0 Å². The number of amides is 1. The standard InChI is InChI=1S/C9H14N6O/c1-5-2-6-3-10-4-7(6)15(5)9(16)8-11-13-14-12-8/h5-7,10H,2-4H2,1H3,(H,11,12,13,14). The summed E-state index contributed by atoms with van der Waals surface area (Å²) in [5, 5.41) is 16.6. The Morgan fingerprint density at radius 1 is 1.50 bits per heavy atom. The van der Waals surface area contributed by atoms with Gasteiger partial charge in [0.25, 0.3) is 11.7 Å². The predicted molar refractivity (Wildman–Crippen MR) is 54.6 cm³/mol. The molecule has 2 aliphatic rings. The third kappa shape index (κ3) is 1.31. The lowest BCUT2D eigenvalue weighted by molar-refractivity contribution is 0.0669. The molecule has 0 aliphatic carbocycles. The molecule has 1 aromatic heterocycles. The van der Waals surface area contributed by atoms with E-state index in [9.17, 15) is 4.79 Å². The van der Waals surface area contributed by atoms with E-state index in [1.807, 2.05) is 4.90 Å². The van der Waals surface area contributed by atoms with Gasteiger partial charge in [-0.05, 0) is 24.5 Å². The summed E-state index contributed by atoms with van der Waals surface area (Å²) in [7, 11) is 0. The molecule has 3 unspecified atom stereocenters. The molecule has 0 saturated carbocycles. The molecule has 0 bridgehead atoms. The molecule has 1 aromatic rings. The van der Waals surface area contributed by atoms with Crippen LogP contribution in [0.5, 0.6) is 0 Å². The predicted octanol–water partition coefficient (Wildman–Crippen LogP) is -0.978. The average Bonchev–Trinajstić information content (AvgIpc) is 2.89. The van der Waals surface area contributed by atoms with E-state index >= 15 is 0 Å². The van der Waals surface area contributed by atoms with Gasteiger partial charge >= 0.3 is 0 Å². The van der Waals surface area contributed by atoms with Gasteiger partial charge in [-0.2, -0.15) is 5.21 Å². The summed E-state index contributed by atoms with van der Waals surface area (Å²) in [5.74, 6) is 0.628. The van der Waals surface area contributed by atoms with Crippen molar-refractivity contribution >= 4 is 5.91 Å². The molecule has 3 atom stereocenters. The van der Waals surface area contributed by atoms with Crippen LogP contribution in [0, 0.1) is 5.92 Å². The van der Waals surface area contributed by atoms with Crippen LogP contribution in [0.1, 0.15) is 24.0 Å². The lowest BCUT2D eigenvalue weighted by atomic mass is 10.0. The van der Waals surface area contributed by atoms with Crippen LogP contribution in [0.4, 0.5) is 0 Å². The molecule has 0 spiro atoms. The highest BCUT2D eigenvalue weighted by Crippen LogP contribution is 2.32. The van der Waals surface area contributed by atoms with E-state index < -0.39 is 0 Å². The van der Waals surface area contributed by atoms with E-state index in [0.717, 1.165) is 19.5 Å². The first kappa shape index (κ1) is 9.71. The Bertz CT molecular complexity index is 391. The Balaban J connectivity index is 1.86. The minimum atomic E-state index is -0.113. The van der Waals surface area contributed by atoms with Gasteiger partial charge in [0, 0.05) is 25.2 Å². The first-order valence-electron chi connectivity index (χ1n) is 5.54. The van der Waals surface area contributed by atoms with Crippen molar-refractivity contribution in [1.29, 1.82) is 0 Å². The fourth-order valence-electron chi connectivity index (χ4n) is 2.88. The third-order valence-corrected chi connectivity index (χ3v) is 3.55. The van der Waals surface area contributed by atoms with Crippen molar-refractivity contribution in [2.45, 2.75) is 25.4 Å². The van der Waals surface area contributed by atoms with Gasteiger partial charge < -0.3 is 10.2 Å². The van der Waals surface area contributed by atoms with Crippen molar-refractivity contribution in [2.24, 2.45) is 5.92 Å². The second-order valence-electron chi connectivity index (χ2n) is 4.52. The summed E-state index contributed by atoms with van der Waals surface area (Å²) < 4.78 is 0. The highest BCUT2D eigenvalue weighted by atomic mass is 16.2. The Morgan fingerprint density at radius 3 is 3.12 bits per heavy atom. The van der Waals surface area contributed by atoms with Gasteiger partial charge in [0.1, 0.15) is 0 Å². The molecule has 2 saturated heterocycles. The number of likely N-dealkylation sites (tertiary alicyclic amines) is 1. The monoisotopic (exact) mass is 222 g/mol. The smallest absolute Gasteiger partial charge is 0.296 e. The number of aromatic nitrogens is 4. The van der Waals surface area contributed by atoms with E-state index in [1.165, 1.54) is 0 Å². The van der Waals surface area contributed by atoms with Gasteiger partial charge in [0.05, 0.1) is 0 Å². The molecule has 1 amide bonds. The highest BCUT2D eigenvalue weighted by Gasteiger charge is 2.45. The minimum Gasteiger partial charge on any atom is -0.329 e. The fourth-order valence-corrected chi connectivity index (χ4v) is 2.88. The van der Waals surface area contributed by atoms with Gasteiger partial charge in [-0.3, -0.25) is 4.79 Å². The van der Waals surface area contributed by atoms with Gasteiger partial charge in [0.2, 0.25) is 0 Å². The number of aromatic amines is 1. The normalized spacial score (nSPS) is 33.1. The quantitative estimate of drug-likeness (QED) is 0.638. The number of fused-ring (bicyclic) bond motifs is 1. The van der Waals surface area contributed by atoms with Crippen molar-refractivity contribution in [3.8, 4) is 0 Å². The molecule has 2 aliphatic heterocycles. The number of hydrogen-bond donors (Lipinski definition) is 2. The van der Waals surface area contributed by atoms with Crippen molar-refractivity contribution in [3.05, 3.63) is 5.82 Å². The van der Waals surface area contributed by atoms with E-state index in [4.69, 9.17) is 0 Å². The number of rotatable bonds is 1. The van der Waals surface area contributed by atoms with Gasteiger partial charge in [0.15, 0.2) is 0 Å². The lowest BCUT2D eigenvalue weighted by Gasteiger charge is -2.26. The zero-order chi connectivity index (χ0) is 11.1. The number of hydrogen-bond acceptors (Lipinski definition) is 5. The molecule has 0 radical (unpaired) electrons. The maximum Gasteiger partial charge on any atom is 0.296 e. The number of H-pyrrole nitrogens is 1. The summed E-state index contributed by atoms with van der Waals surface area (Å²) in [4.78, 5) is 14.1. The van der Waals surface area contributed by atoms with Crippen LogP contribution in [0.25, 0.3) is 0 Å². The van der Waals surface area contributed by atoms with E-state index in [0.29, 0.717) is 12.0 Å². The maximum absolute atomic E-state index is 12.2. The molecular formula is C9H14N6O. The Morgan fingerprint density at radius 2 is 2.38 bits per heavy atom. The fraction of sp³-hybridized carbons (Fsp3) is 0.778. The zero-order valence-corrected chi connectivity index (χ0v) is 9.05. The molecule has 3 rings (SSSR count). The average molecular weight is 222 g/mol. The van der Waals surface area contributed by atoms with Gasteiger partial charge in [-0.25, -0.2) is 0 Å². The number of carbonyl (C=O) groups is 1. The Labute approximate surface area is 92.6 Å². The van der Waals surface area contributed by atoms with Crippen LogP contribution in [-0.4, -0.2) is 56.6 Å². The number of nitrogens with zero attached hydrogens (tertiary/aromatic N) is 4.